The van der Waals surface area contributed by atoms with Gasteiger partial charge in [-0.15, -0.1) is 11.3 Å². The Morgan fingerprint density at radius 3 is 2.61 bits per heavy atom. The van der Waals surface area contributed by atoms with Crippen LogP contribution in [0.2, 0.25) is 5.02 Å². The van der Waals surface area contributed by atoms with Crippen molar-refractivity contribution in [3.05, 3.63) is 123 Å². The molecule has 0 fully saturated rings. The van der Waals surface area contributed by atoms with Gasteiger partial charge in [0.15, 0.2) is 0 Å². The molecule has 3 aromatic carbocycles. The highest BCUT2D eigenvalue weighted by molar-refractivity contribution is 7.16. The van der Waals surface area contributed by atoms with E-state index >= 15 is 0 Å². The summed E-state index contributed by atoms with van der Waals surface area (Å²) < 4.78 is 2.21. The van der Waals surface area contributed by atoms with Crippen LogP contribution in [0.5, 0.6) is 0 Å². The fourth-order valence-corrected chi connectivity index (χ4v) is 6.62. The van der Waals surface area contributed by atoms with Gasteiger partial charge in [0, 0.05) is 51.9 Å². The molecule has 1 aliphatic rings. The number of benzene rings is 3. The number of carbonyl (C=O) groups excluding carboxylic acids is 1. The van der Waals surface area contributed by atoms with Crippen molar-refractivity contribution in [2.75, 3.05) is 0 Å². The van der Waals surface area contributed by atoms with Gasteiger partial charge in [-0.25, -0.2) is 4.99 Å². The largest absolute Gasteiger partial charge is 0.348 e. The van der Waals surface area contributed by atoms with Crippen LogP contribution >= 0.6 is 22.9 Å². The standard InChI is InChI=1S/C32H28ClN3OS/c33-27-15-7-4-12-23(27)20-36-21-24(25-13-5-8-16-28(25)36)19-35-32-30(26-14-6-9-17-29(26)38-32)31(37)34-18-22-10-2-1-3-11-22/h1-5,7-8,10-13,15-16,19,21H,6,9,14,17-18,20H2,(H,34,37). The second kappa shape index (κ2) is 11.0. The summed E-state index contributed by atoms with van der Waals surface area (Å²) in [6, 6.07) is 26.3. The number of halogens is 1. The molecule has 1 aliphatic carbocycles. The fraction of sp³-hybridized carbons (Fsp3) is 0.188. The molecular weight excluding hydrogens is 510 g/mol. The molecule has 0 bridgehead atoms. The number of thiophene rings is 1. The Kier molecular flexibility index (Phi) is 7.12. The van der Waals surface area contributed by atoms with Crippen molar-refractivity contribution in [3.63, 3.8) is 0 Å². The Morgan fingerprint density at radius 1 is 0.974 bits per heavy atom. The molecular formula is C32H28ClN3OS. The number of aliphatic imine (C=N–C) groups is 1. The van der Waals surface area contributed by atoms with E-state index in [2.05, 4.69) is 40.3 Å². The summed E-state index contributed by atoms with van der Waals surface area (Å²) >= 11 is 8.12. The molecule has 4 nitrogen and oxygen atoms in total. The number of fused-ring (bicyclic) bond motifs is 2. The predicted molar refractivity (Wildman–Crippen MR) is 158 cm³/mol. The van der Waals surface area contributed by atoms with E-state index in [1.54, 1.807) is 11.3 Å². The second-order valence-electron chi connectivity index (χ2n) is 9.64. The number of nitrogens with zero attached hydrogens (tertiary/aromatic N) is 2. The van der Waals surface area contributed by atoms with Gasteiger partial charge in [0.2, 0.25) is 0 Å². The number of rotatable bonds is 7. The summed E-state index contributed by atoms with van der Waals surface area (Å²) in [6.07, 6.45) is 8.27. The van der Waals surface area contributed by atoms with Gasteiger partial charge in [-0.05, 0) is 54.5 Å². The van der Waals surface area contributed by atoms with Gasteiger partial charge in [-0.3, -0.25) is 4.79 Å². The average Bonchev–Trinajstić information content (AvgIpc) is 3.50. The normalized spacial score (nSPS) is 13.2. The number of carbonyl (C=O) groups is 1. The van der Waals surface area contributed by atoms with Crippen LogP contribution in [0.1, 0.15) is 50.3 Å². The highest BCUT2D eigenvalue weighted by atomic mass is 35.5. The van der Waals surface area contributed by atoms with Crippen molar-refractivity contribution in [1.29, 1.82) is 0 Å². The third-order valence-electron chi connectivity index (χ3n) is 7.11. The quantitative estimate of drug-likeness (QED) is 0.210. The van der Waals surface area contributed by atoms with Crippen LogP contribution in [0.3, 0.4) is 0 Å². The molecule has 0 atom stereocenters. The molecule has 0 aliphatic heterocycles. The zero-order valence-corrected chi connectivity index (χ0v) is 22.6. The van der Waals surface area contributed by atoms with E-state index in [-0.39, 0.29) is 5.91 Å². The molecule has 0 unspecified atom stereocenters. The monoisotopic (exact) mass is 537 g/mol. The predicted octanol–water partition coefficient (Wildman–Crippen LogP) is 7.96. The number of para-hydroxylation sites is 1. The van der Waals surface area contributed by atoms with Crippen molar-refractivity contribution < 1.29 is 4.79 Å². The summed E-state index contributed by atoms with van der Waals surface area (Å²) in [5, 5.41) is 5.82. The van der Waals surface area contributed by atoms with Gasteiger partial charge < -0.3 is 9.88 Å². The number of nitrogens with one attached hydrogen (secondary N) is 1. The molecule has 2 aromatic heterocycles. The Morgan fingerprint density at radius 2 is 1.74 bits per heavy atom. The Balaban J connectivity index is 1.33. The Hall–Kier alpha value is -3.67. The van der Waals surface area contributed by atoms with Crippen molar-refractivity contribution in [2.45, 2.75) is 38.8 Å². The number of amides is 1. The van der Waals surface area contributed by atoms with Gasteiger partial charge in [0.1, 0.15) is 5.00 Å². The number of aromatic nitrogens is 1. The summed E-state index contributed by atoms with van der Waals surface area (Å²) in [4.78, 5) is 19.7. The number of aryl methyl sites for hydroxylation is 1. The summed E-state index contributed by atoms with van der Waals surface area (Å²) in [5.74, 6) is -0.0402. The van der Waals surface area contributed by atoms with E-state index in [1.165, 1.54) is 10.4 Å². The zero-order valence-electron chi connectivity index (χ0n) is 21.0. The molecule has 0 radical (unpaired) electrons. The third kappa shape index (κ3) is 5.04. The second-order valence-corrected chi connectivity index (χ2v) is 11.1. The van der Waals surface area contributed by atoms with Gasteiger partial charge >= 0.3 is 0 Å². The molecule has 1 N–H and O–H groups in total. The SMILES string of the molecule is O=C(NCc1ccccc1)c1c(N=Cc2cn(Cc3ccccc3Cl)c3ccccc23)sc2c1CCCC2. The first-order valence-corrected chi connectivity index (χ1v) is 14.2. The van der Waals surface area contributed by atoms with Crippen LogP contribution in [-0.4, -0.2) is 16.7 Å². The fourth-order valence-electron chi connectivity index (χ4n) is 5.19. The topological polar surface area (TPSA) is 46.4 Å². The van der Waals surface area contributed by atoms with Crippen LogP contribution in [0.4, 0.5) is 5.00 Å². The number of hydrogen-bond acceptors (Lipinski definition) is 3. The summed E-state index contributed by atoms with van der Waals surface area (Å²) in [7, 11) is 0. The lowest BCUT2D eigenvalue weighted by Gasteiger charge is -2.12. The van der Waals surface area contributed by atoms with Crippen LogP contribution in [0.15, 0.2) is 90.1 Å². The third-order valence-corrected chi connectivity index (χ3v) is 8.68. The molecule has 6 rings (SSSR count). The maximum atomic E-state index is 13.4. The molecule has 5 aromatic rings. The first-order chi connectivity index (χ1) is 18.7. The molecule has 38 heavy (non-hydrogen) atoms. The first kappa shape index (κ1) is 24.7. The highest BCUT2D eigenvalue weighted by Gasteiger charge is 2.25. The minimum Gasteiger partial charge on any atom is -0.348 e. The van der Waals surface area contributed by atoms with E-state index < -0.39 is 0 Å². The minimum atomic E-state index is -0.0402. The van der Waals surface area contributed by atoms with E-state index in [0.29, 0.717) is 13.1 Å². The van der Waals surface area contributed by atoms with Gasteiger partial charge in [-0.2, -0.15) is 0 Å². The first-order valence-electron chi connectivity index (χ1n) is 13.0. The Labute approximate surface area is 231 Å². The van der Waals surface area contributed by atoms with Gasteiger partial charge in [0.25, 0.3) is 5.91 Å². The van der Waals surface area contributed by atoms with Gasteiger partial charge in [0.05, 0.1) is 5.56 Å². The van der Waals surface area contributed by atoms with E-state index in [1.807, 2.05) is 60.8 Å². The van der Waals surface area contributed by atoms with E-state index in [9.17, 15) is 4.79 Å². The van der Waals surface area contributed by atoms with Crippen LogP contribution in [-0.2, 0) is 25.9 Å². The average molecular weight is 538 g/mol. The highest BCUT2D eigenvalue weighted by Crippen LogP contribution is 2.40. The lowest BCUT2D eigenvalue weighted by molar-refractivity contribution is 0.0951. The lowest BCUT2D eigenvalue weighted by Crippen LogP contribution is -2.24. The summed E-state index contributed by atoms with van der Waals surface area (Å²) in [5.41, 5.74) is 6.23. The molecule has 6 heteroatoms. The molecule has 0 spiro atoms. The summed E-state index contributed by atoms with van der Waals surface area (Å²) in [6.45, 7) is 1.18. The van der Waals surface area contributed by atoms with Crippen molar-refractivity contribution in [1.82, 2.24) is 9.88 Å². The maximum Gasteiger partial charge on any atom is 0.254 e. The van der Waals surface area contributed by atoms with Crippen molar-refractivity contribution >= 4 is 51.0 Å². The van der Waals surface area contributed by atoms with Crippen molar-refractivity contribution in [2.24, 2.45) is 4.99 Å². The molecule has 190 valence electrons. The number of hydrogen-bond donors (Lipinski definition) is 1. The molecule has 2 heterocycles. The lowest BCUT2D eigenvalue weighted by atomic mass is 9.95. The smallest absolute Gasteiger partial charge is 0.254 e. The van der Waals surface area contributed by atoms with E-state index in [0.717, 1.165) is 68.9 Å². The van der Waals surface area contributed by atoms with Crippen molar-refractivity contribution in [3.8, 4) is 0 Å². The zero-order chi connectivity index (χ0) is 25.9. The van der Waals surface area contributed by atoms with Crippen LogP contribution in [0.25, 0.3) is 10.9 Å². The Bertz CT molecular complexity index is 1630. The van der Waals surface area contributed by atoms with E-state index in [4.69, 9.17) is 16.6 Å². The van der Waals surface area contributed by atoms with Crippen LogP contribution in [0, 0.1) is 0 Å². The van der Waals surface area contributed by atoms with Gasteiger partial charge in [-0.1, -0.05) is 78.3 Å². The molecule has 1 amide bonds. The minimum absolute atomic E-state index is 0.0402. The molecule has 0 saturated carbocycles. The molecule has 0 saturated heterocycles. The maximum absolute atomic E-state index is 13.4. The van der Waals surface area contributed by atoms with Crippen LogP contribution < -0.4 is 5.32 Å².